The van der Waals surface area contributed by atoms with E-state index in [2.05, 4.69) is 20.3 Å². The van der Waals surface area contributed by atoms with Crippen LogP contribution < -0.4 is 27.4 Å². The first kappa shape index (κ1) is 20.3. The van der Waals surface area contributed by atoms with Gasteiger partial charge in [0.25, 0.3) is 5.56 Å². The summed E-state index contributed by atoms with van der Waals surface area (Å²) in [5, 5.41) is 14.8. The Morgan fingerprint density at radius 2 is 2.17 bits per heavy atom. The number of rotatable bonds is 6. The van der Waals surface area contributed by atoms with Crippen molar-refractivity contribution in [2.45, 2.75) is 13.0 Å². The van der Waals surface area contributed by atoms with Gasteiger partial charge in [-0.2, -0.15) is 5.26 Å². The first-order chi connectivity index (χ1) is 13.9. The lowest BCUT2D eigenvalue weighted by Gasteiger charge is -2.27. The predicted octanol–water partition coefficient (Wildman–Crippen LogP) is 0.993. The molecule has 5 N–H and O–H groups in total. The topological polar surface area (TPSA) is 152 Å². The quantitative estimate of drug-likeness (QED) is 0.537. The highest BCUT2D eigenvalue weighted by Crippen LogP contribution is 2.24. The molecule has 10 nitrogen and oxygen atoms in total. The minimum Gasteiger partial charge on any atom is -0.382 e. The number of fused-ring (bicyclic) bond motifs is 1. The SMILES string of the molecule is CC(Nc1ncnc(N)c1C#N)c1nc2cccc(Cl)c2c(=O)n1N(C)CCN. The van der Waals surface area contributed by atoms with Crippen molar-refractivity contribution in [2.75, 3.05) is 36.2 Å². The number of hydrogen-bond acceptors (Lipinski definition) is 9. The summed E-state index contributed by atoms with van der Waals surface area (Å²) in [4.78, 5) is 25.8. The van der Waals surface area contributed by atoms with E-state index < -0.39 is 6.04 Å². The summed E-state index contributed by atoms with van der Waals surface area (Å²) in [5.74, 6) is 0.718. The van der Waals surface area contributed by atoms with Gasteiger partial charge in [0.2, 0.25) is 0 Å². The second-order valence-corrected chi connectivity index (χ2v) is 6.76. The Kier molecular flexibility index (Phi) is 5.81. The van der Waals surface area contributed by atoms with Gasteiger partial charge >= 0.3 is 0 Å². The second kappa shape index (κ2) is 8.30. The Balaban J connectivity index is 2.17. The van der Waals surface area contributed by atoms with E-state index in [1.54, 1.807) is 37.2 Å². The number of nitrogens with zero attached hydrogens (tertiary/aromatic N) is 6. The molecular weight excluding hydrogens is 394 g/mol. The van der Waals surface area contributed by atoms with Crippen molar-refractivity contribution in [3.05, 3.63) is 51.3 Å². The number of benzene rings is 1. The van der Waals surface area contributed by atoms with Gasteiger partial charge in [0.05, 0.1) is 22.0 Å². The Morgan fingerprint density at radius 3 is 2.86 bits per heavy atom. The van der Waals surface area contributed by atoms with Gasteiger partial charge in [-0.25, -0.2) is 19.6 Å². The van der Waals surface area contributed by atoms with Crippen LogP contribution in [0.3, 0.4) is 0 Å². The average Bonchev–Trinajstić information content (AvgIpc) is 2.68. The van der Waals surface area contributed by atoms with Gasteiger partial charge in [0, 0.05) is 20.1 Å². The number of nitriles is 1. The Morgan fingerprint density at radius 1 is 1.41 bits per heavy atom. The van der Waals surface area contributed by atoms with Crippen LogP contribution in [0.4, 0.5) is 11.6 Å². The molecule has 0 radical (unpaired) electrons. The summed E-state index contributed by atoms with van der Waals surface area (Å²) >= 11 is 6.26. The fourth-order valence-corrected chi connectivity index (χ4v) is 3.23. The lowest BCUT2D eigenvalue weighted by atomic mass is 10.2. The number of likely N-dealkylation sites (N-methyl/N-ethyl adjacent to an activating group) is 1. The number of aromatic nitrogens is 4. The van der Waals surface area contributed by atoms with Gasteiger partial charge in [-0.1, -0.05) is 17.7 Å². The molecule has 0 saturated heterocycles. The number of hydrogen-bond donors (Lipinski definition) is 3. The summed E-state index contributed by atoms with van der Waals surface area (Å²) in [6, 6.07) is 6.56. The van der Waals surface area contributed by atoms with Crippen LogP contribution >= 0.6 is 11.6 Å². The number of halogens is 1. The Hall–Kier alpha value is -3.42. The molecule has 1 atom stereocenters. The maximum atomic E-state index is 13.3. The van der Waals surface area contributed by atoms with E-state index in [0.717, 1.165) is 0 Å². The van der Waals surface area contributed by atoms with E-state index in [4.69, 9.17) is 23.1 Å². The van der Waals surface area contributed by atoms with Crippen molar-refractivity contribution in [3.63, 3.8) is 0 Å². The average molecular weight is 414 g/mol. The summed E-state index contributed by atoms with van der Waals surface area (Å²) in [5.41, 5.74) is 11.7. The zero-order chi connectivity index (χ0) is 21.1. The Bertz CT molecular complexity index is 1150. The fraction of sp³-hybridized carbons (Fsp3) is 0.278. The molecule has 1 unspecified atom stereocenters. The van der Waals surface area contributed by atoms with Crippen LogP contribution in [0.15, 0.2) is 29.3 Å². The lowest BCUT2D eigenvalue weighted by Crippen LogP contribution is -2.45. The van der Waals surface area contributed by atoms with E-state index in [1.807, 2.05) is 6.07 Å². The molecule has 0 aliphatic carbocycles. The van der Waals surface area contributed by atoms with E-state index in [0.29, 0.717) is 34.8 Å². The van der Waals surface area contributed by atoms with Crippen LogP contribution in [0.2, 0.25) is 5.02 Å². The van der Waals surface area contributed by atoms with Crippen molar-refractivity contribution in [2.24, 2.45) is 5.73 Å². The van der Waals surface area contributed by atoms with Gasteiger partial charge in [-0.05, 0) is 19.1 Å². The van der Waals surface area contributed by atoms with Gasteiger partial charge in [-0.15, -0.1) is 0 Å². The number of anilines is 2. The molecule has 150 valence electrons. The van der Waals surface area contributed by atoms with Crippen LogP contribution in [0.25, 0.3) is 10.9 Å². The first-order valence-electron chi connectivity index (χ1n) is 8.78. The van der Waals surface area contributed by atoms with Crippen molar-refractivity contribution < 1.29 is 0 Å². The molecule has 0 aliphatic heterocycles. The lowest BCUT2D eigenvalue weighted by molar-refractivity contribution is 0.569. The summed E-state index contributed by atoms with van der Waals surface area (Å²) < 4.78 is 1.43. The molecule has 0 aliphatic rings. The minimum atomic E-state index is -0.507. The highest BCUT2D eigenvalue weighted by atomic mass is 35.5. The van der Waals surface area contributed by atoms with Crippen LogP contribution in [-0.4, -0.2) is 39.8 Å². The van der Waals surface area contributed by atoms with Gasteiger partial charge in [0.1, 0.15) is 29.6 Å². The molecule has 11 heteroatoms. The van der Waals surface area contributed by atoms with Gasteiger partial charge in [0.15, 0.2) is 5.82 Å². The van der Waals surface area contributed by atoms with E-state index >= 15 is 0 Å². The monoisotopic (exact) mass is 413 g/mol. The zero-order valence-corrected chi connectivity index (χ0v) is 16.7. The second-order valence-electron chi connectivity index (χ2n) is 6.35. The third kappa shape index (κ3) is 3.78. The largest absolute Gasteiger partial charge is 0.382 e. The maximum absolute atomic E-state index is 13.3. The number of nitrogen functional groups attached to an aromatic ring is 1. The van der Waals surface area contributed by atoms with E-state index in [9.17, 15) is 10.1 Å². The minimum absolute atomic E-state index is 0.0630. The summed E-state index contributed by atoms with van der Waals surface area (Å²) in [7, 11) is 1.73. The molecule has 3 rings (SSSR count). The highest BCUT2D eigenvalue weighted by Gasteiger charge is 2.22. The fourth-order valence-electron chi connectivity index (χ4n) is 2.98. The molecule has 1 aromatic carbocycles. The normalized spacial score (nSPS) is 11.8. The summed E-state index contributed by atoms with van der Waals surface area (Å²) in [6.07, 6.45) is 1.26. The van der Waals surface area contributed by atoms with E-state index in [1.165, 1.54) is 11.0 Å². The molecule has 3 aromatic rings. The third-order valence-corrected chi connectivity index (χ3v) is 4.69. The van der Waals surface area contributed by atoms with Crippen molar-refractivity contribution in [1.82, 2.24) is 19.6 Å². The first-order valence-corrected chi connectivity index (χ1v) is 9.16. The van der Waals surface area contributed by atoms with Crippen LogP contribution in [0.1, 0.15) is 24.4 Å². The molecule has 0 bridgehead atoms. The van der Waals surface area contributed by atoms with Crippen molar-refractivity contribution in [1.29, 1.82) is 5.26 Å². The smallest absolute Gasteiger partial charge is 0.281 e. The van der Waals surface area contributed by atoms with Gasteiger partial charge in [-0.3, -0.25) is 4.79 Å². The van der Waals surface area contributed by atoms with Crippen LogP contribution in [0.5, 0.6) is 0 Å². The molecule has 2 heterocycles. The maximum Gasteiger partial charge on any atom is 0.281 e. The van der Waals surface area contributed by atoms with Gasteiger partial charge < -0.3 is 21.8 Å². The number of nitrogens with one attached hydrogen (secondary N) is 1. The molecule has 29 heavy (non-hydrogen) atoms. The predicted molar refractivity (Wildman–Crippen MR) is 112 cm³/mol. The molecule has 0 spiro atoms. The van der Waals surface area contributed by atoms with Crippen molar-refractivity contribution >= 4 is 34.1 Å². The summed E-state index contributed by atoms with van der Waals surface area (Å²) in [6.45, 7) is 2.55. The van der Waals surface area contributed by atoms with Crippen molar-refractivity contribution in [3.8, 4) is 6.07 Å². The van der Waals surface area contributed by atoms with Crippen LogP contribution in [0, 0.1) is 11.3 Å². The molecular formula is C18H20ClN9O. The standard InChI is InChI=1S/C18H20ClN9O/c1-10(25-16-11(8-21)15(22)23-9-24-16)17-26-13-5-3-4-12(19)14(13)18(29)28(17)27(2)7-6-20/h3-5,9-10H,6-7,20H2,1-2H3,(H3,22,23,24,25). The molecule has 2 aromatic heterocycles. The number of nitrogens with two attached hydrogens (primary N) is 2. The Labute approximate surface area is 171 Å². The molecule has 0 fully saturated rings. The van der Waals surface area contributed by atoms with Crippen LogP contribution in [-0.2, 0) is 0 Å². The zero-order valence-electron chi connectivity index (χ0n) is 15.9. The van der Waals surface area contributed by atoms with E-state index in [-0.39, 0.29) is 22.8 Å². The third-order valence-electron chi connectivity index (χ3n) is 4.37. The molecule has 0 saturated carbocycles. The highest BCUT2D eigenvalue weighted by molar-refractivity contribution is 6.35. The molecule has 0 amide bonds.